The molecule has 1 aromatic rings. The van der Waals surface area contributed by atoms with Crippen LogP contribution in [-0.2, 0) is 9.59 Å². The highest BCUT2D eigenvalue weighted by molar-refractivity contribution is 5.93. The highest BCUT2D eigenvalue weighted by Crippen LogP contribution is 2.27. The van der Waals surface area contributed by atoms with Gasteiger partial charge >= 0.3 is 0 Å². The van der Waals surface area contributed by atoms with E-state index in [0.717, 1.165) is 5.69 Å². The molecule has 1 heterocycles. The van der Waals surface area contributed by atoms with Crippen molar-refractivity contribution in [2.24, 2.45) is 5.92 Å². The van der Waals surface area contributed by atoms with Gasteiger partial charge < -0.3 is 15.3 Å². The minimum atomic E-state index is -0.831. The van der Waals surface area contributed by atoms with Crippen LogP contribution >= 0.6 is 0 Å². The number of benzene rings is 1. The van der Waals surface area contributed by atoms with E-state index >= 15 is 0 Å². The summed E-state index contributed by atoms with van der Waals surface area (Å²) in [7, 11) is 0. The van der Waals surface area contributed by atoms with E-state index in [1.165, 1.54) is 0 Å². The first-order chi connectivity index (χ1) is 9.88. The van der Waals surface area contributed by atoms with Gasteiger partial charge in [-0.1, -0.05) is 25.1 Å². The predicted octanol–water partition coefficient (Wildman–Crippen LogP) is 1.63. The van der Waals surface area contributed by atoms with E-state index in [-0.39, 0.29) is 30.6 Å². The fraction of sp³-hybridized carbons (Fsp3) is 0.500. The van der Waals surface area contributed by atoms with Crippen molar-refractivity contribution in [2.45, 2.75) is 32.3 Å². The summed E-state index contributed by atoms with van der Waals surface area (Å²) in [5.41, 5.74) is -0.102. The van der Waals surface area contributed by atoms with Gasteiger partial charge in [0.1, 0.15) is 0 Å². The van der Waals surface area contributed by atoms with E-state index in [0.29, 0.717) is 13.1 Å². The number of amides is 2. The fourth-order valence-corrected chi connectivity index (χ4v) is 2.45. The van der Waals surface area contributed by atoms with Gasteiger partial charge in [-0.15, -0.1) is 0 Å². The maximum Gasteiger partial charge on any atom is 0.224 e. The summed E-state index contributed by atoms with van der Waals surface area (Å²) < 4.78 is 0. The summed E-state index contributed by atoms with van der Waals surface area (Å²) in [5, 5.41) is 12.8. The number of nitrogens with zero attached hydrogens (tertiary/aromatic N) is 1. The molecule has 2 rings (SSSR count). The van der Waals surface area contributed by atoms with Crippen molar-refractivity contribution in [1.29, 1.82) is 0 Å². The highest BCUT2D eigenvalue weighted by Gasteiger charge is 2.40. The molecule has 114 valence electrons. The van der Waals surface area contributed by atoms with Gasteiger partial charge in [0.15, 0.2) is 0 Å². The largest absolute Gasteiger partial charge is 0.388 e. The number of hydrogen-bond acceptors (Lipinski definition) is 3. The normalized spacial score (nSPS) is 24.9. The Kier molecular flexibility index (Phi) is 4.63. The molecule has 1 aliphatic rings. The summed E-state index contributed by atoms with van der Waals surface area (Å²) in [5.74, 6) is -0.198. The molecule has 1 aromatic carbocycles. The Balaban J connectivity index is 1.78. The standard InChI is InChI=1S/C16H22N2O3/c1-12-10-18(11-16(12,2)21)15(20)9-8-14(19)17-13-6-4-3-5-7-13/h3-7,12,21H,8-11H2,1-2H3,(H,17,19)/t12-,16+/m1/s1. The Morgan fingerprint density at radius 2 is 2.00 bits per heavy atom. The Morgan fingerprint density at radius 1 is 1.33 bits per heavy atom. The van der Waals surface area contributed by atoms with Crippen LogP contribution in [0.5, 0.6) is 0 Å². The van der Waals surface area contributed by atoms with Gasteiger partial charge in [-0.25, -0.2) is 0 Å². The van der Waals surface area contributed by atoms with Crippen LogP contribution in [-0.4, -0.2) is 40.5 Å². The molecule has 5 nitrogen and oxygen atoms in total. The summed E-state index contributed by atoms with van der Waals surface area (Å²) >= 11 is 0. The molecule has 0 spiro atoms. The topological polar surface area (TPSA) is 69.6 Å². The zero-order valence-electron chi connectivity index (χ0n) is 12.5. The molecule has 0 aliphatic carbocycles. The van der Waals surface area contributed by atoms with E-state index in [2.05, 4.69) is 5.32 Å². The average Bonchev–Trinajstić information content (AvgIpc) is 2.71. The maximum atomic E-state index is 12.1. The van der Waals surface area contributed by atoms with Crippen LogP contribution in [0.2, 0.25) is 0 Å². The summed E-state index contributed by atoms with van der Waals surface area (Å²) in [4.78, 5) is 25.5. The monoisotopic (exact) mass is 290 g/mol. The SMILES string of the molecule is C[C@@H]1CN(C(=O)CCC(=O)Nc2ccccc2)C[C@]1(C)O. The number of hydrogen-bond donors (Lipinski definition) is 2. The van der Waals surface area contributed by atoms with E-state index in [4.69, 9.17) is 0 Å². The molecule has 0 saturated carbocycles. The van der Waals surface area contributed by atoms with Gasteiger partial charge in [0.2, 0.25) is 11.8 Å². The zero-order valence-corrected chi connectivity index (χ0v) is 12.5. The molecule has 0 aromatic heterocycles. The number of nitrogens with one attached hydrogen (secondary N) is 1. The predicted molar refractivity (Wildman–Crippen MR) is 80.7 cm³/mol. The van der Waals surface area contributed by atoms with E-state index < -0.39 is 5.60 Å². The molecule has 2 N–H and O–H groups in total. The van der Waals surface area contributed by atoms with Gasteiger partial charge in [-0.3, -0.25) is 9.59 Å². The lowest BCUT2D eigenvalue weighted by Crippen LogP contribution is -2.35. The number of carbonyl (C=O) groups excluding carboxylic acids is 2. The van der Waals surface area contributed by atoms with Crippen molar-refractivity contribution in [2.75, 3.05) is 18.4 Å². The molecule has 21 heavy (non-hydrogen) atoms. The maximum absolute atomic E-state index is 12.1. The Labute approximate surface area is 125 Å². The third-order valence-corrected chi connectivity index (χ3v) is 4.04. The summed E-state index contributed by atoms with van der Waals surface area (Å²) in [6.45, 7) is 4.56. The van der Waals surface area contributed by atoms with Gasteiger partial charge in [-0.05, 0) is 19.1 Å². The first-order valence-corrected chi connectivity index (χ1v) is 7.23. The van der Waals surface area contributed by atoms with Crippen LogP contribution in [0.4, 0.5) is 5.69 Å². The molecule has 1 fully saturated rings. The second-order valence-electron chi connectivity index (χ2n) is 5.95. The molecule has 5 heteroatoms. The van der Waals surface area contributed by atoms with Gasteiger partial charge in [0.25, 0.3) is 0 Å². The van der Waals surface area contributed by atoms with Crippen molar-refractivity contribution >= 4 is 17.5 Å². The van der Waals surface area contributed by atoms with Crippen molar-refractivity contribution < 1.29 is 14.7 Å². The fourth-order valence-electron chi connectivity index (χ4n) is 2.45. The molecule has 2 atom stereocenters. The summed E-state index contributed by atoms with van der Waals surface area (Å²) in [6.07, 6.45) is 0.322. The number of carbonyl (C=O) groups is 2. The number of β-amino-alcohol motifs (C(OH)–C–C–N with tert-alkyl or cyclic N) is 1. The number of aliphatic hydroxyl groups is 1. The van der Waals surface area contributed by atoms with Gasteiger partial charge in [0.05, 0.1) is 5.60 Å². The number of rotatable bonds is 4. The Morgan fingerprint density at radius 3 is 2.57 bits per heavy atom. The molecule has 1 aliphatic heterocycles. The average molecular weight is 290 g/mol. The molecule has 0 bridgehead atoms. The van der Waals surface area contributed by atoms with Crippen molar-refractivity contribution in [3.05, 3.63) is 30.3 Å². The Hall–Kier alpha value is -1.88. The van der Waals surface area contributed by atoms with Crippen molar-refractivity contribution in [1.82, 2.24) is 4.90 Å². The molecular formula is C16H22N2O3. The lowest BCUT2D eigenvalue weighted by molar-refractivity contribution is -0.132. The lowest BCUT2D eigenvalue weighted by Gasteiger charge is -2.20. The van der Waals surface area contributed by atoms with Gasteiger partial charge in [-0.2, -0.15) is 0 Å². The smallest absolute Gasteiger partial charge is 0.224 e. The van der Waals surface area contributed by atoms with Crippen LogP contribution in [0, 0.1) is 5.92 Å². The molecule has 0 radical (unpaired) electrons. The van der Waals surface area contributed by atoms with Gasteiger partial charge in [0, 0.05) is 37.5 Å². The van der Waals surface area contributed by atoms with Crippen LogP contribution in [0.3, 0.4) is 0 Å². The second kappa shape index (κ2) is 6.26. The third kappa shape index (κ3) is 4.04. The van der Waals surface area contributed by atoms with Crippen LogP contribution in [0.1, 0.15) is 26.7 Å². The highest BCUT2D eigenvalue weighted by atomic mass is 16.3. The van der Waals surface area contributed by atoms with E-state index in [9.17, 15) is 14.7 Å². The number of likely N-dealkylation sites (tertiary alicyclic amines) is 1. The minimum Gasteiger partial charge on any atom is -0.388 e. The number of para-hydroxylation sites is 1. The quantitative estimate of drug-likeness (QED) is 0.885. The number of anilines is 1. The van der Waals surface area contributed by atoms with Crippen molar-refractivity contribution in [3.8, 4) is 0 Å². The lowest BCUT2D eigenvalue weighted by atomic mass is 9.95. The molecule has 1 saturated heterocycles. The first-order valence-electron chi connectivity index (χ1n) is 7.23. The molecule has 2 amide bonds. The summed E-state index contributed by atoms with van der Waals surface area (Å²) in [6, 6.07) is 9.17. The van der Waals surface area contributed by atoms with Crippen molar-refractivity contribution in [3.63, 3.8) is 0 Å². The van der Waals surface area contributed by atoms with E-state index in [1.54, 1.807) is 24.0 Å². The van der Waals surface area contributed by atoms with Crippen LogP contribution in [0.15, 0.2) is 30.3 Å². The zero-order chi connectivity index (χ0) is 15.5. The van der Waals surface area contributed by atoms with Crippen LogP contribution in [0.25, 0.3) is 0 Å². The molecular weight excluding hydrogens is 268 g/mol. The van der Waals surface area contributed by atoms with E-state index in [1.807, 2.05) is 25.1 Å². The molecule has 0 unspecified atom stereocenters. The third-order valence-electron chi connectivity index (χ3n) is 4.04. The second-order valence-corrected chi connectivity index (χ2v) is 5.95. The Bertz CT molecular complexity index is 514. The van der Waals surface area contributed by atoms with Crippen LogP contribution < -0.4 is 5.32 Å². The first kappa shape index (κ1) is 15.5. The minimum absolute atomic E-state index is 0.0552.